The van der Waals surface area contributed by atoms with Crippen LogP contribution in [-0.4, -0.2) is 17.2 Å². The number of carbonyl (C=O) groups excluding carboxylic acids is 1. The van der Waals surface area contributed by atoms with Gasteiger partial charge < -0.3 is 14.6 Å². The Labute approximate surface area is 153 Å². The second kappa shape index (κ2) is 7.87. The predicted molar refractivity (Wildman–Crippen MR) is 100 cm³/mol. The molecule has 0 fully saturated rings. The molecular weight excluding hydrogens is 328 g/mol. The van der Waals surface area contributed by atoms with Gasteiger partial charge in [-0.3, -0.25) is 4.79 Å². The van der Waals surface area contributed by atoms with Crippen molar-refractivity contribution in [3.63, 3.8) is 0 Å². The maximum atomic E-state index is 12.4. The lowest BCUT2D eigenvalue weighted by Crippen LogP contribution is -2.26. The van der Waals surface area contributed by atoms with E-state index in [1.165, 1.54) is 0 Å². The normalized spacial score (nSPS) is 12.0. The van der Waals surface area contributed by atoms with Crippen molar-refractivity contribution in [3.05, 3.63) is 71.9 Å². The average molecular weight is 350 g/mol. The van der Waals surface area contributed by atoms with E-state index in [1.807, 2.05) is 75.4 Å². The van der Waals surface area contributed by atoms with Gasteiger partial charge >= 0.3 is 0 Å². The number of rotatable bonds is 6. The van der Waals surface area contributed by atoms with Crippen molar-refractivity contribution in [1.82, 2.24) is 10.5 Å². The van der Waals surface area contributed by atoms with E-state index in [9.17, 15) is 4.79 Å². The minimum Gasteiger partial charge on any atom is -0.491 e. The molecule has 0 saturated carbocycles. The number of hydrogen-bond acceptors (Lipinski definition) is 4. The Bertz CT molecular complexity index is 854. The van der Waals surface area contributed by atoms with Crippen LogP contribution in [0.5, 0.6) is 5.75 Å². The van der Waals surface area contributed by atoms with Crippen LogP contribution in [0.2, 0.25) is 0 Å². The van der Waals surface area contributed by atoms with Crippen LogP contribution >= 0.6 is 0 Å². The van der Waals surface area contributed by atoms with Crippen LogP contribution in [0.4, 0.5) is 0 Å². The van der Waals surface area contributed by atoms with Gasteiger partial charge in [-0.15, -0.1) is 0 Å². The molecule has 0 saturated heterocycles. The minimum absolute atomic E-state index is 0.115. The number of hydrogen-bond donors (Lipinski definition) is 1. The summed E-state index contributed by atoms with van der Waals surface area (Å²) >= 11 is 0. The smallest absolute Gasteiger partial charge is 0.273 e. The summed E-state index contributed by atoms with van der Waals surface area (Å²) < 4.78 is 11.0. The number of amides is 1. The Morgan fingerprint density at radius 3 is 2.38 bits per heavy atom. The molecular formula is C21H22N2O3. The zero-order chi connectivity index (χ0) is 18.5. The van der Waals surface area contributed by atoms with Gasteiger partial charge in [-0.05, 0) is 50.6 Å². The Morgan fingerprint density at radius 1 is 1.04 bits per heavy atom. The van der Waals surface area contributed by atoms with Crippen LogP contribution in [0.3, 0.4) is 0 Å². The molecule has 0 spiro atoms. The summed E-state index contributed by atoms with van der Waals surface area (Å²) in [5.41, 5.74) is 2.12. The highest BCUT2D eigenvalue weighted by Gasteiger charge is 2.16. The third kappa shape index (κ3) is 4.30. The van der Waals surface area contributed by atoms with Crippen LogP contribution in [0.15, 0.2) is 65.2 Å². The Kier molecular flexibility index (Phi) is 5.37. The van der Waals surface area contributed by atoms with Gasteiger partial charge in [0, 0.05) is 11.6 Å². The summed E-state index contributed by atoms with van der Waals surface area (Å²) in [6.07, 6.45) is 0.119. The van der Waals surface area contributed by atoms with Gasteiger partial charge in [-0.1, -0.05) is 35.5 Å². The largest absolute Gasteiger partial charge is 0.491 e. The first kappa shape index (κ1) is 17.7. The van der Waals surface area contributed by atoms with Crippen LogP contribution in [0, 0.1) is 0 Å². The summed E-state index contributed by atoms with van der Waals surface area (Å²) in [5.74, 6) is 1.06. The van der Waals surface area contributed by atoms with E-state index in [2.05, 4.69) is 10.5 Å². The highest BCUT2D eigenvalue weighted by atomic mass is 16.5. The van der Waals surface area contributed by atoms with Gasteiger partial charge in [0.25, 0.3) is 5.91 Å². The summed E-state index contributed by atoms with van der Waals surface area (Å²) in [5, 5.41) is 6.82. The molecule has 26 heavy (non-hydrogen) atoms. The molecule has 0 aliphatic rings. The monoisotopic (exact) mass is 350 g/mol. The third-order valence-electron chi connectivity index (χ3n) is 3.90. The molecule has 0 unspecified atom stereocenters. The molecule has 0 bridgehead atoms. The number of nitrogens with one attached hydrogen (secondary N) is 1. The SMILES string of the molecule is CC(C)Oc1ccc(-c2cc(C(=O)N[C@@H](C)c3ccccc3)no2)cc1. The third-order valence-corrected chi connectivity index (χ3v) is 3.90. The first-order valence-corrected chi connectivity index (χ1v) is 8.62. The second-order valence-corrected chi connectivity index (χ2v) is 6.37. The van der Waals surface area contributed by atoms with E-state index in [4.69, 9.17) is 9.26 Å². The highest BCUT2D eigenvalue weighted by Crippen LogP contribution is 2.24. The van der Waals surface area contributed by atoms with Gasteiger partial charge in [0.2, 0.25) is 0 Å². The lowest BCUT2D eigenvalue weighted by molar-refractivity contribution is 0.0931. The standard InChI is InChI=1S/C21H22N2O3/c1-14(2)25-18-11-9-17(10-12-18)20-13-19(23-26-20)21(24)22-15(3)16-7-5-4-6-8-16/h4-15H,1-3H3,(H,22,24)/t15-/m0/s1. The first-order chi connectivity index (χ1) is 12.5. The fraction of sp³-hybridized carbons (Fsp3) is 0.238. The van der Waals surface area contributed by atoms with Crippen molar-refractivity contribution in [2.45, 2.75) is 32.9 Å². The molecule has 134 valence electrons. The Hall–Kier alpha value is -3.08. The quantitative estimate of drug-likeness (QED) is 0.704. The summed E-state index contributed by atoms with van der Waals surface area (Å²) in [6.45, 7) is 5.89. The maximum absolute atomic E-state index is 12.4. The van der Waals surface area contributed by atoms with E-state index < -0.39 is 0 Å². The molecule has 0 aliphatic heterocycles. The number of ether oxygens (including phenoxy) is 1. The number of nitrogens with zero attached hydrogens (tertiary/aromatic N) is 1. The highest BCUT2D eigenvalue weighted by molar-refractivity contribution is 5.93. The van der Waals surface area contributed by atoms with Gasteiger partial charge in [0.1, 0.15) is 5.75 Å². The van der Waals surface area contributed by atoms with Gasteiger partial charge in [0.05, 0.1) is 12.1 Å². The molecule has 3 rings (SSSR count). The molecule has 2 aromatic carbocycles. The van der Waals surface area contributed by atoms with Crippen molar-refractivity contribution >= 4 is 5.91 Å². The topological polar surface area (TPSA) is 64.4 Å². The number of carbonyl (C=O) groups is 1. The average Bonchev–Trinajstić information content (AvgIpc) is 3.13. The molecule has 0 aliphatic carbocycles. The summed E-state index contributed by atoms with van der Waals surface area (Å²) in [4.78, 5) is 12.4. The second-order valence-electron chi connectivity index (χ2n) is 6.37. The van der Waals surface area contributed by atoms with Crippen LogP contribution in [0.25, 0.3) is 11.3 Å². The van der Waals surface area contributed by atoms with Gasteiger partial charge in [-0.25, -0.2) is 0 Å². The van der Waals surface area contributed by atoms with E-state index in [0.29, 0.717) is 5.76 Å². The zero-order valence-corrected chi connectivity index (χ0v) is 15.1. The predicted octanol–water partition coefficient (Wildman–Crippen LogP) is 4.62. The fourth-order valence-corrected chi connectivity index (χ4v) is 2.58. The van der Waals surface area contributed by atoms with Gasteiger partial charge in [-0.2, -0.15) is 0 Å². The minimum atomic E-state index is -0.267. The molecule has 1 heterocycles. The molecule has 5 heteroatoms. The Morgan fingerprint density at radius 2 is 1.73 bits per heavy atom. The maximum Gasteiger partial charge on any atom is 0.273 e. The lowest BCUT2D eigenvalue weighted by atomic mass is 10.1. The van der Waals surface area contributed by atoms with E-state index in [-0.39, 0.29) is 23.7 Å². The summed E-state index contributed by atoms with van der Waals surface area (Å²) in [7, 11) is 0. The number of aromatic nitrogens is 1. The Balaban J connectivity index is 1.68. The fourth-order valence-electron chi connectivity index (χ4n) is 2.58. The molecule has 3 aromatic rings. The van der Waals surface area contributed by atoms with Crippen LogP contribution in [-0.2, 0) is 0 Å². The van der Waals surface area contributed by atoms with Crippen molar-refractivity contribution in [2.75, 3.05) is 0 Å². The summed E-state index contributed by atoms with van der Waals surface area (Å²) in [6, 6.07) is 18.8. The lowest BCUT2D eigenvalue weighted by Gasteiger charge is -2.12. The molecule has 1 N–H and O–H groups in total. The van der Waals surface area contributed by atoms with Crippen molar-refractivity contribution in [1.29, 1.82) is 0 Å². The number of benzene rings is 2. The molecule has 1 aromatic heterocycles. The zero-order valence-electron chi connectivity index (χ0n) is 15.1. The van der Waals surface area contributed by atoms with Crippen molar-refractivity contribution < 1.29 is 14.1 Å². The molecule has 1 atom stereocenters. The molecule has 1 amide bonds. The van der Waals surface area contributed by atoms with Crippen LogP contribution < -0.4 is 10.1 Å². The van der Waals surface area contributed by atoms with E-state index in [0.717, 1.165) is 16.9 Å². The van der Waals surface area contributed by atoms with Crippen molar-refractivity contribution in [2.24, 2.45) is 0 Å². The van der Waals surface area contributed by atoms with Crippen LogP contribution in [0.1, 0.15) is 42.9 Å². The first-order valence-electron chi connectivity index (χ1n) is 8.62. The van der Waals surface area contributed by atoms with Gasteiger partial charge in [0.15, 0.2) is 11.5 Å². The van der Waals surface area contributed by atoms with E-state index in [1.54, 1.807) is 6.07 Å². The van der Waals surface area contributed by atoms with E-state index >= 15 is 0 Å². The molecule has 0 radical (unpaired) electrons. The molecule has 5 nitrogen and oxygen atoms in total. The van der Waals surface area contributed by atoms with Crippen molar-refractivity contribution in [3.8, 4) is 17.1 Å².